The molecule has 192 valence electrons. The number of nitrogens with zero attached hydrogens (tertiary/aromatic N) is 1. The molecule has 0 aromatic heterocycles. The number of benzene rings is 1. The molecule has 1 heterocycles. The third-order valence-electron chi connectivity index (χ3n) is 5.90. The predicted molar refractivity (Wildman–Crippen MR) is 132 cm³/mol. The number of halogens is 1. The van der Waals surface area contributed by atoms with Crippen molar-refractivity contribution in [2.24, 2.45) is 5.92 Å². The van der Waals surface area contributed by atoms with E-state index < -0.39 is 6.09 Å². The predicted octanol–water partition coefficient (Wildman–Crippen LogP) is 3.49. The highest BCUT2D eigenvalue weighted by atomic mass is 35.5. The zero-order valence-corrected chi connectivity index (χ0v) is 21.0. The van der Waals surface area contributed by atoms with Crippen LogP contribution < -0.4 is 16.0 Å². The van der Waals surface area contributed by atoms with Gasteiger partial charge < -0.3 is 35.4 Å². The number of amides is 3. The van der Waals surface area contributed by atoms with E-state index in [-0.39, 0.29) is 31.3 Å². The number of nitrogens with one attached hydrogen (secondary N) is 3. The maximum atomic E-state index is 13.1. The summed E-state index contributed by atoms with van der Waals surface area (Å²) < 4.78 is 11.6. The van der Waals surface area contributed by atoms with Crippen LogP contribution in [0.1, 0.15) is 44.3 Å². The van der Waals surface area contributed by atoms with E-state index in [0.29, 0.717) is 37.0 Å². The summed E-state index contributed by atoms with van der Waals surface area (Å²) >= 11 is 6.16. The summed E-state index contributed by atoms with van der Waals surface area (Å²) in [5.74, 6) is 0.461. The van der Waals surface area contributed by atoms with Gasteiger partial charge in [0.15, 0.2) is 0 Å². The summed E-state index contributed by atoms with van der Waals surface area (Å²) in [6, 6.07) is 7.33. The van der Waals surface area contributed by atoms with Crippen LogP contribution in [-0.2, 0) is 9.47 Å². The fraction of sp³-hybridized carbons (Fsp3) is 0.667. The van der Waals surface area contributed by atoms with Gasteiger partial charge in [0.1, 0.15) is 0 Å². The minimum absolute atomic E-state index is 0.0281. The number of carbonyl (C=O) groups excluding carboxylic acids is 1. The van der Waals surface area contributed by atoms with Crippen LogP contribution in [0.15, 0.2) is 24.3 Å². The number of hydrogen-bond donors (Lipinski definition) is 4. The standard InChI is InChI=1S/C24H39ClN4O5/c1-3-29(23(30)28-21(16-26-2)14-18-6-5-12-33-17-18)11-9-22(34-13-10-27-24(31)32)19-7-4-8-20(25)15-19/h4,7-8,15,18,21-22,26-27H,3,5-6,9-14,16-17H2,1-2H3,(H,28,30)(H,31,32)/t18-,21+,22?/m1/s1. The molecule has 1 aliphatic heterocycles. The second-order valence-electron chi connectivity index (χ2n) is 8.54. The van der Waals surface area contributed by atoms with Crippen molar-refractivity contribution >= 4 is 23.7 Å². The Morgan fingerprint density at radius 1 is 1.38 bits per heavy atom. The van der Waals surface area contributed by atoms with E-state index in [4.69, 9.17) is 26.2 Å². The molecule has 1 aromatic carbocycles. The van der Waals surface area contributed by atoms with E-state index in [1.165, 1.54) is 0 Å². The number of likely N-dealkylation sites (N-methyl/N-ethyl adjacent to an activating group) is 1. The third kappa shape index (κ3) is 10.5. The van der Waals surface area contributed by atoms with Crippen LogP contribution >= 0.6 is 11.6 Å². The Balaban J connectivity index is 1.95. The van der Waals surface area contributed by atoms with E-state index in [2.05, 4.69) is 16.0 Å². The van der Waals surface area contributed by atoms with Crippen LogP contribution in [0.3, 0.4) is 0 Å². The Labute approximate surface area is 207 Å². The average molecular weight is 499 g/mol. The van der Waals surface area contributed by atoms with Gasteiger partial charge in [0.2, 0.25) is 0 Å². The molecular weight excluding hydrogens is 460 g/mol. The molecule has 3 atom stereocenters. The molecule has 0 saturated carbocycles. The number of carboxylic acid groups (broad SMARTS) is 1. The van der Waals surface area contributed by atoms with E-state index in [9.17, 15) is 9.59 Å². The monoisotopic (exact) mass is 498 g/mol. The number of rotatable bonds is 14. The van der Waals surface area contributed by atoms with E-state index >= 15 is 0 Å². The van der Waals surface area contributed by atoms with Gasteiger partial charge in [0.25, 0.3) is 0 Å². The van der Waals surface area contributed by atoms with Gasteiger partial charge in [-0.15, -0.1) is 0 Å². The lowest BCUT2D eigenvalue weighted by atomic mass is 9.94. The minimum atomic E-state index is -1.09. The van der Waals surface area contributed by atoms with Crippen LogP contribution in [0, 0.1) is 5.92 Å². The van der Waals surface area contributed by atoms with Gasteiger partial charge in [-0.1, -0.05) is 23.7 Å². The zero-order valence-electron chi connectivity index (χ0n) is 20.2. The minimum Gasteiger partial charge on any atom is -0.465 e. The van der Waals surface area contributed by atoms with Crippen molar-refractivity contribution in [1.82, 2.24) is 20.9 Å². The molecule has 2 rings (SSSR count). The fourth-order valence-electron chi connectivity index (χ4n) is 4.19. The maximum absolute atomic E-state index is 13.1. The van der Waals surface area contributed by atoms with E-state index in [0.717, 1.165) is 38.0 Å². The number of hydrogen-bond acceptors (Lipinski definition) is 5. The summed E-state index contributed by atoms with van der Waals surface area (Å²) in [6.07, 6.45) is 2.23. The molecule has 0 bridgehead atoms. The topological polar surface area (TPSA) is 112 Å². The smallest absolute Gasteiger partial charge is 0.404 e. The molecule has 0 aliphatic carbocycles. The van der Waals surface area contributed by atoms with Crippen LogP contribution in [0.4, 0.5) is 9.59 Å². The molecule has 9 nitrogen and oxygen atoms in total. The first-order valence-electron chi connectivity index (χ1n) is 12.0. The summed E-state index contributed by atoms with van der Waals surface area (Å²) in [6.45, 7) is 5.68. The van der Waals surface area contributed by atoms with Crippen molar-refractivity contribution in [3.8, 4) is 0 Å². The van der Waals surface area contributed by atoms with Crippen molar-refractivity contribution in [3.05, 3.63) is 34.9 Å². The Bertz CT molecular complexity index is 748. The molecule has 3 amide bonds. The maximum Gasteiger partial charge on any atom is 0.404 e. The lowest BCUT2D eigenvalue weighted by Crippen LogP contribution is -2.49. The first-order chi connectivity index (χ1) is 16.4. The summed E-state index contributed by atoms with van der Waals surface area (Å²) in [5, 5.41) is 18.0. The van der Waals surface area contributed by atoms with Crippen LogP contribution in [-0.4, -0.2) is 81.2 Å². The normalized spacial score (nSPS) is 17.6. The van der Waals surface area contributed by atoms with Crippen LogP contribution in [0.2, 0.25) is 5.02 Å². The molecule has 0 spiro atoms. The zero-order chi connectivity index (χ0) is 24.8. The number of carbonyl (C=O) groups is 2. The molecule has 1 fully saturated rings. The molecular formula is C24H39ClN4O5. The lowest BCUT2D eigenvalue weighted by molar-refractivity contribution is 0.0424. The van der Waals surface area contributed by atoms with Crippen molar-refractivity contribution < 1.29 is 24.2 Å². The summed E-state index contributed by atoms with van der Waals surface area (Å²) in [5.41, 5.74) is 0.893. The Hall–Kier alpha value is -2.07. The average Bonchev–Trinajstić information content (AvgIpc) is 2.81. The first kappa shape index (κ1) is 28.2. The van der Waals surface area contributed by atoms with Crippen molar-refractivity contribution in [2.45, 2.75) is 44.8 Å². The van der Waals surface area contributed by atoms with Gasteiger partial charge in [-0.05, 0) is 63.3 Å². The fourth-order valence-corrected chi connectivity index (χ4v) is 4.39. The second-order valence-corrected chi connectivity index (χ2v) is 8.97. The van der Waals surface area contributed by atoms with Crippen molar-refractivity contribution in [1.29, 1.82) is 0 Å². The Morgan fingerprint density at radius 3 is 2.85 bits per heavy atom. The van der Waals surface area contributed by atoms with Crippen molar-refractivity contribution in [3.63, 3.8) is 0 Å². The first-order valence-corrected chi connectivity index (χ1v) is 12.4. The second kappa shape index (κ2) is 15.8. The number of ether oxygens (including phenoxy) is 2. The molecule has 1 aliphatic rings. The lowest BCUT2D eigenvalue weighted by Gasteiger charge is -2.30. The summed E-state index contributed by atoms with van der Waals surface area (Å²) in [7, 11) is 1.89. The SMILES string of the molecule is CCN(CCC(OCCNC(=O)O)c1cccc(Cl)c1)C(=O)N[C@H](CNC)C[C@H]1CCCOC1. The Morgan fingerprint density at radius 2 is 2.21 bits per heavy atom. The molecule has 1 unspecified atom stereocenters. The highest BCUT2D eigenvalue weighted by Gasteiger charge is 2.23. The van der Waals surface area contributed by atoms with Gasteiger partial charge in [-0.2, -0.15) is 0 Å². The highest BCUT2D eigenvalue weighted by Crippen LogP contribution is 2.24. The molecule has 4 N–H and O–H groups in total. The molecule has 1 saturated heterocycles. The van der Waals surface area contributed by atoms with Crippen LogP contribution in [0.25, 0.3) is 0 Å². The van der Waals surface area contributed by atoms with Crippen molar-refractivity contribution in [2.75, 3.05) is 53.0 Å². The van der Waals surface area contributed by atoms with Gasteiger partial charge in [0, 0.05) is 50.5 Å². The number of urea groups is 1. The molecule has 1 aromatic rings. The van der Waals surface area contributed by atoms with Gasteiger partial charge >= 0.3 is 12.1 Å². The quantitative estimate of drug-likeness (QED) is 0.292. The van der Waals surface area contributed by atoms with E-state index in [1.807, 2.05) is 32.2 Å². The van der Waals surface area contributed by atoms with Gasteiger partial charge in [0.05, 0.1) is 12.7 Å². The van der Waals surface area contributed by atoms with Crippen LogP contribution in [0.5, 0.6) is 0 Å². The van der Waals surface area contributed by atoms with Gasteiger partial charge in [-0.3, -0.25) is 0 Å². The largest absolute Gasteiger partial charge is 0.465 e. The Kier molecular flexibility index (Phi) is 13.1. The summed E-state index contributed by atoms with van der Waals surface area (Å²) in [4.78, 5) is 25.5. The van der Waals surface area contributed by atoms with Gasteiger partial charge in [-0.25, -0.2) is 9.59 Å². The molecule has 10 heteroatoms. The third-order valence-corrected chi connectivity index (χ3v) is 6.13. The molecule has 0 radical (unpaired) electrons. The molecule has 34 heavy (non-hydrogen) atoms. The van der Waals surface area contributed by atoms with E-state index in [1.54, 1.807) is 11.0 Å². The highest BCUT2D eigenvalue weighted by molar-refractivity contribution is 6.30.